The van der Waals surface area contributed by atoms with Crippen molar-refractivity contribution in [2.45, 2.75) is 79.0 Å². The molecule has 2 N–H and O–H groups in total. The van der Waals surface area contributed by atoms with Gasteiger partial charge < -0.3 is 15.4 Å². The van der Waals surface area contributed by atoms with Gasteiger partial charge in [0.15, 0.2) is 0 Å². The number of hydrogen-bond donors (Lipinski definition) is 2. The summed E-state index contributed by atoms with van der Waals surface area (Å²) in [5, 5.41) is 5.35. The van der Waals surface area contributed by atoms with Gasteiger partial charge in [0.2, 0.25) is 5.91 Å². The van der Waals surface area contributed by atoms with Crippen LogP contribution in [-0.2, 0) is 14.3 Å². The molecule has 31 heavy (non-hydrogen) atoms. The van der Waals surface area contributed by atoms with Crippen molar-refractivity contribution in [2.24, 2.45) is 0 Å². The molecule has 0 bridgehead atoms. The third kappa shape index (κ3) is 8.71. The first kappa shape index (κ1) is 26.0. The van der Waals surface area contributed by atoms with Gasteiger partial charge in [-0.3, -0.25) is 14.5 Å². The smallest absolute Gasteiger partial charge is 0.408 e. The maximum Gasteiger partial charge on any atom is 0.408 e. The van der Waals surface area contributed by atoms with Gasteiger partial charge in [-0.25, -0.2) is 4.79 Å². The molecule has 0 aromatic heterocycles. The van der Waals surface area contributed by atoms with Gasteiger partial charge in [-0.1, -0.05) is 49.1 Å². The highest BCUT2D eigenvalue weighted by molar-refractivity contribution is 5.91. The van der Waals surface area contributed by atoms with Crippen LogP contribution < -0.4 is 10.6 Å². The van der Waals surface area contributed by atoms with Crippen LogP contribution in [0, 0.1) is 26.3 Å². The van der Waals surface area contributed by atoms with Crippen molar-refractivity contribution in [3.63, 3.8) is 0 Å². The molecule has 0 aliphatic heterocycles. The van der Waals surface area contributed by atoms with Crippen molar-refractivity contribution in [3.05, 3.63) is 34.9 Å². The summed E-state index contributed by atoms with van der Waals surface area (Å²) in [5.74, 6) is -0.953. The number of carbonyl (C=O) groups excluding carboxylic acids is 3. The highest BCUT2D eigenvalue weighted by Crippen LogP contribution is 2.24. The predicted octanol–water partition coefficient (Wildman–Crippen LogP) is 3.59. The van der Waals surface area contributed by atoms with E-state index in [0.29, 0.717) is 5.56 Å². The van der Waals surface area contributed by atoms with Crippen LogP contribution in [0.15, 0.2) is 18.2 Å². The quantitative estimate of drug-likeness (QED) is 0.488. The van der Waals surface area contributed by atoms with Crippen molar-refractivity contribution in [2.75, 3.05) is 6.54 Å². The molecule has 1 aromatic carbocycles. The summed E-state index contributed by atoms with van der Waals surface area (Å²) in [6.45, 7) is 12.5. The van der Waals surface area contributed by atoms with Crippen molar-refractivity contribution in [1.82, 2.24) is 15.5 Å². The van der Waals surface area contributed by atoms with E-state index in [1.807, 2.05) is 45.9 Å². The second kappa shape index (κ2) is 11.4. The summed E-state index contributed by atoms with van der Waals surface area (Å²) >= 11 is 0. The average Bonchev–Trinajstić information content (AvgIpc) is 2.61. The number of rotatable bonds is 8. The largest absolute Gasteiger partial charge is 0.444 e. The first-order valence-electron chi connectivity index (χ1n) is 10.5. The summed E-state index contributed by atoms with van der Waals surface area (Å²) in [5.41, 5.74) is 1.81. The summed E-state index contributed by atoms with van der Waals surface area (Å²) in [6.07, 6.45) is 6.63. The second-order valence-corrected chi connectivity index (χ2v) is 8.77. The summed E-state index contributed by atoms with van der Waals surface area (Å²) in [6, 6.07) is 6.89. The number of nitrogens with zero attached hydrogens (tertiary/aromatic N) is 1. The zero-order valence-corrected chi connectivity index (χ0v) is 19.7. The highest BCUT2D eigenvalue weighted by atomic mass is 16.6. The predicted molar refractivity (Wildman–Crippen MR) is 121 cm³/mol. The molecule has 0 aliphatic carbocycles. The maximum absolute atomic E-state index is 13.2. The first-order valence-corrected chi connectivity index (χ1v) is 10.5. The molecule has 0 spiro atoms. The van der Waals surface area contributed by atoms with Crippen LogP contribution in [0.2, 0.25) is 0 Å². The third-order valence-corrected chi connectivity index (χ3v) is 4.37. The number of carbonyl (C=O) groups is 3. The number of amides is 3. The van der Waals surface area contributed by atoms with Gasteiger partial charge in [0.25, 0.3) is 5.91 Å². The molecular weight excluding hydrogens is 394 g/mol. The van der Waals surface area contributed by atoms with Gasteiger partial charge in [-0.2, -0.15) is 0 Å². The van der Waals surface area contributed by atoms with Gasteiger partial charge in [0, 0.05) is 12.1 Å². The molecular formula is C24H35N3O4. The summed E-state index contributed by atoms with van der Waals surface area (Å²) in [4.78, 5) is 39.0. The van der Waals surface area contributed by atoms with E-state index >= 15 is 0 Å². The van der Waals surface area contributed by atoms with Crippen LogP contribution in [0.4, 0.5) is 4.79 Å². The van der Waals surface area contributed by atoms with Gasteiger partial charge in [0.05, 0.1) is 0 Å². The number of benzene rings is 1. The van der Waals surface area contributed by atoms with Crippen LogP contribution >= 0.6 is 0 Å². The average molecular weight is 430 g/mol. The molecule has 0 aliphatic rings. The molecule has 2 atom stereocenters. The van der Waals surface area contributed by atoms with Crippen molar-refractivity contribution in [1.29, 1.82) is 0 Å². The molecule has 7 heteroatoms. The molecule has 1 aromatic rings. The van der Waals surface area contributed by atoms with E-state index in [9.17, 15) is 14.4 Å². The number of terminal acetylenes is 1. The molecule has 1 rings (SSSR count). The van der Waals surface area contributed by atoms with E-state index in [2.05, 4.69) is 16.7 Å². The van der Waals surface area contributed by atoms with Gasteiger partial charge in [0.1, 0.15) is 18.2 Å². The molecule has 170 valence electrons. The SMILES string of the molecule is C#CN(C(=O)CNC(=O)OC(C)(C)C)C(C(=O)NC(C)CCC)c1cc(C)cc(C)c1. The molecule has 0 heterocycles. The van der Waals surface area contributed by atoms with Crippen LogP contribution in [0.5, 0.6) is 0 Å². The molecule has 0 fully saturated rings. The van der Waals surface area contributed by atoms with Gasteiger partial charge in [-0.05, 0) is 53.5 Å². The Morgan fingerprint density at radius 2 is 1.74 bits per heavy atom. The maximum atomic E-state index is 13.2. The number of hydrogen-bond acceptors (Lipinski definition) is 4. The van der Waals surface area contributed by atoms with Crippen molar-refractivity contribution in [3.8, 4) is 12.5 Å². The molecule has 0 radical (unpaired) electrons. The number of alkyl carbamates (subject to hydrolysis) is 1. The van der Waals surface area contributed by atoms with Crippen LogP contribution in [0.1, 0.15) is 70.2 Å². The van der Waals surface area contributed by atoms with Crippen molar-refractivity contribution < 1.29 is 19.1 Å². The Balaban J connectivity index is 3.16. The Hall–Kier alpha value is -3.01. The number of aryl methyl sites for hydroxylation is 2. The molecule has 3 amide bonds. The lowest BCUT2D eigenvalue weighted by molar-refractivity contribution is -0.136. The lowest BCUT2D eigenvalue weighted by atomic mass is 9.99. The monoisotopic (exact) mass is 429 g/mol. The zero-order chi connectivity index (χ0) is 23.8. The lowest BCUT2D eigenvalue weighted by Gasteiger charge is -2.28. The van der Waals surface area contributed by atoms with E-state index in [1.165, 1.54) is 0 Å². The molecule has 0 saturated heterocycles. The minimum absolute atomic E-state index is 0.0690. The Morgan fingerprint density at radius 3 is 2.23 bits per heavy atom. The molecule has 7 nitrogen and oxygen atoms in total. The standard InChI is InChI=1S/C24H35N3O4/c1-9-11-18(5)26-22(29)21(19-13-16(3)12-17(4)14-19)27(10-2)20(28)15-25-23(30)31-24(6,7)8/h2,12-14,18,21H,9,11,15H2,1,3-8H3,(H,25,30)(H,26,29). The van der Waals surface area contributed by atoms with Crippen LogP contribution in [-0.4, -0.2) is 41.0 Å². The van der Waals surface area contributed by atoms with E-state index in [-0.39, 0.29) is 11.9 Å². The van der Waals surface area contributed by atoms with E-state index < -0.39 is 30.2 Å². The minimum atomic E-state index is -1.02. The van der Waals surface area contributed by atoms with Crippen molar-refractivity contribution >= 4 is 17.9 Å². The molecule has 2 unspecified atom stereocenters. The molecule has 0 saturated carbocycles. The van der Waals surface area contributed by atoms with Gasteiger partial charge in [-0.15, -0.1) is 0 Å². The van der Waals surface area contributed by atoms with E-state index in [4.69, 9.17) is 11.2 Å². The van der Waals surface area contributed by atoms with E-state index in [1.54, 1.807) is 20.8 Å². The fourth-order valence-corrected chi connectivity index (χ4v) is 3.25. The van der Waals surface area contributed by atoms with Crippen LogP contribution in [0.3, 0.4) is 0 Å². The first-order chi connectivity index (χ1) is 14.4. The van der Waals surface area contributed by atoms with Gasteiger partial charge >= 0.3 is 6.09 Å². The topological polar surface area (TPSA) is 87.7 Å². The van der Waals surface area contributed by atoms with E-state index in [0.717, 1.165) is 28.9 Å². The number of nitrogens with one attached hydrogen (secondary N) is 2. The summed E-state index contributed by atoms with van der Waals surface area (Å²) < 4.78 is 5.15. The lowest BCUT2D eigenvalue weighted by Crippen LogP contribution is -2.47. The second-order valence-electron chi connectivity index (χ2n) is 8.77. The highest BCUT2D eigenvalue weighted by Gasteiger charge is 2.32. The number of ether oxygens (including phenoxy) is 1. The zero-order valence-electron chi connectivity index (χ0n) is 19.7. The Labute approximate surface area is 185 Å². The third-order valence-electron chi connectivity index (χ3n) is 4.37. The normalized spacial score (nSPS) is 12.8. The fraction of sp³-hybridized carbons (Fsp3) is 0.542. The summed E-state index contributed by atoms with van der Waals surface area (Å²) in [7, 11) is 0. The fourth-order valence-electron chi connectivity index (χ4n) is 3.25. The Morgan fingerprint density at radius 1 is 1.16 bits per heavy atom. The van der Waals surface area contributed by atoms with Crippen LogP contribution in [0.25, 0.3) is 0 Å². The Kier molecular flexibility index (Phi) is 9.57. The minimum Gasteiger partial charge on any atom is -0.444 e. The Bertz CT molecular complexity index is 816.